The number of fused-ring (bicyclic) bond motifs is 2. The van der Waals surface area contributed by atoms with E-state index in [0.29, 0.717) is 0 Å². The predicted octanol–water partition coefficient (Wildman–Crippen LogP) is 3.99. The van der Waals surface area contributed by atoms with E-state index in [1.165, 1.54) is 16.7 Å². The van der Waals surface area contributed by atoms with Gasteiger partial charge < -0.3 is 9.47 Å². The Hall–Kier alpha value is -2.48. The van der Waals surface area contributed by atoms with Crippen molar-refractivity contribution in [2.45, 2.75) is 12.8 Å². The topological polar surface area (TPSA) is 18.5 Å². The quantitative estimate of drug-likeness (QED) is 0.761. The van der Waals surface area contributed by atoms with Crippen molar-refractivity contribution in [3.63, 3.8) is 0 Å². The lowest BCUT2D eigenvalue weighted by molar-refractivity contribution is 0.352. The molecule has 1 aliphatic carbocycles. The first kappa shape index (κ1) is 11.4. The van der Waals surface area contributed by atoms with E-state index in [1.54, 1.807) is 6.26 Å². The second kappa shape index (κ2) is 4.57. The van der Waals surface area contributed by atoms with Gasteiger partial charge in [-0.05, 0) is 53.5 Å². The van der Waals surface area contributed by atoms with E-state index in [2.05, 4.69) is 30.4 Å². The first-order valence-corrected chi connectivity index (χ1v) is 6.71. The molecule has 2 aliphatic heterocycles. The number of hydrogen-bond acceptors (Lipinski definition) is 2. The van der Waals surface area contributed by atoms with Gasteiger partial charge in [-0.3, -0.25) is 0 Å². The third-order valence-electron chi connectivity index (χ3n) is 3.66. The van der Waals surface area contributed by atoms with Gasteiger partial charge in [0.15, 0.2) is 0 Å². The Morgan fingerprint density at radius 1 is 1.05 bits per heavy atom. The minimum absolute atomic E-state index is 0.841. The minimum atomic E-state index is 0.841. The SMILES string of the molecule is [c]1ccc2c(c1)OC(C1=CC=C3OC=CC=C3C1)=CC2. The number of benzene rings is 1. The standard InChI is InChI=1S/C18H13O2/c1-2-6-17-13(4-1)7-10-18(20-17)15-8-9-16-14(12-15)5-3-11-19-16/h1,3-6,8-11H,7,12H2. The molecule has 2 nitrogen and oxygen atoms in total. The van der Waals surface area contributed by atoms with Crippen molar-refractivity contribution < 1.29 is 9.47 Å². The molecule has 0 saturated carbocycles. The molecule has 0 unspecified atom stereocenters. The summed E-state index contributed by atoms with van der Waals surface area (Å²) in [5.41, 5.74) is 3.59. The summed E-state index contributed by atoms with van der Waals surface area (Å²) in [6.45, 7) is 0. The van der Waals surface area contributed by atoms with Crippen molar-refractivity contribution in [2.24, 2.45) is 0 Å². The monoisotopic (exact) mass is 261 g/mol. The fourth-order valence-electron chi connectivity index (χ4n) is 2.60. The number of ether oxygens (including phenoxy) is 2. The van der Waals surface area contributed by atoms with Crippen molar-refractivity contribution in [2.75, 3.05) is 0 Å². The largest absolute Gasteiger partial charge is 0.465 e. The van der Waals surface area contributed by atoms with E-state index in [9.17, 15) is 0 Å². The smallest absolute Gasteiger partial charge is 0.131 e. The Bertz CT molecular complexity index is 715. The average molecular weight is 261 g/mol. The lowest BCUT2D eigenvalue weighted by Crippen LogP contribution is -2.10. The van der Waals surface area contributed by atoms with Crippen LogP contribution < -0.4 is 4.74 Å². The summed E-state index contributed by atoms with van der Waals surface area (Å²) < 4.78 is 11.5. The van der Waals surface area contributed by atoms with Crippen LogP contribution in [-0.4, -0.2) is 0 Å². The first-order chi connectivity index (χ1) is 9.90. The van der Waals surface area contributed by atoms with Crippen LogP contribution in [0.3, 0.4) is 0 Å². The Morgan fingerprint density at radius 2 is 2.00 bits per heavy atom. The molecule has 0 atom stereocenters. The van der Waals surface area contributed by atoms with Crippen molar-refractivity contribution in [1.29, 1.82) is 0 Å². The number of hydrogen-bond donors (Lipinski definition) is 0. The van der Waals surface area contributed by atoms with Gasteiger partial charge in [0.25, 0.3) is 0 Å². The molecule has 0 aromatic heterocycles. The van der Waals surface area contributed by atoms with E-state index in [4.69, 9.17) is 9.47 Å². The number of allylic oxidation sites excluding steroid dienone is 7. The predicted molar refractivity (Wildman–Crippen MR) is 76.8 cm³/mol. The Labute approximate surface area is 118 Å². The lowest BCUT2D eigenvalue weighted by atomic mass is 9.94. The van der Waals surface area contributed by atoms with E-state index < -0.39 is 0 Å². The molecule has 0 N–H and O–H groups in total. The fourth-order valence-corrected chi connectivity index (χ4v) is 2.60. The highest BCUT2D eigenvalue weighted by Crippen LogP contribution is 2.35. The molecule has 3 aliphatic rings. The van der Waals surface area contributed by atoms with E-state index in [-0.39, 0.29) is 0 Å². The zero-order valence-electron chi connectivity index (χ0n) is 10.9. The van der Waals surface area contributed by atoms with Gasteiger partial charge in [0.2, 0.25) is 0 Å². The van der Waals surface area contributed by atoms with Gasteiger partial charge >= 0.3 is 0 Å². The molecule has 0 spiro atoms. The summed E-state index contributed by atoms with van der Waals surface area (Å²) in [7, 11) is 0. The molecule has 1 aromatic rings. The molecule has 1 aromatic carbocycles. The molecule has 20 heavy (non-hydrogen) atoms. The maximum Gasteiger partial charge on any atom is 0.131 e. The van der Waals surface area contributed by atoms with Crippen LogP contribution in [0.4, 0.5) is 0 Å². The minimum Gasteiger partial charge on any atom is -0.465 e. The van der Waals surface area contributed by atoms with E-state index in [0.717, 1.165) is 30.1 Å². The van der Waals surface area contributed by atoms with Gasteiger partial charge in [0.1, 0.15) is 17.3 Å². The molecular weight excluding hydrogens is 248 g/mol. The van der Waals surface area contributed by atoms with Crippen LogP contribution in [-0.2, 0) is 11.2 Å². The zero-order chi connectivity index (χ0) is 13.4. The van der Waals surface area contributed by atoms with Gasteiger partial charge in [-0.15, -0.1) is 0 Å². The molecule has 0 bridgehead atoms. The van der Waals surface area contributed by atoms with Gasteiger partial charge in [-0.2, -0.15) is 0 Å². The van der Waals surface area contributed by atoms with Crippen LogP contribution in [0, 0.1) is 6.07 Å². The van der Waals surface area contributed by atoms with Crippen molar-refractivity contribution >= 4 is 0 Å². The van der Waals surface area contributed by atoms with E-state index >= 15 is 0 Å². The van der Waals surface area contributed by atoms with Crippen molar-refractivity contribution in [3.8, 4) is 5.75 Å². The third kappa shape index (κ3) is 1.90. The highest BCUT2D eigenvalue weighted by molar-refractivity contribution is 5.50. The average Bonchev–Trinajstić information content (AvgIpc) is 2.54. The molecule has 2 heteroatoms. The molecule has 0 amide bonds. The molecule has 2 heterocycles. The lowest BCUT2D eigenvalue weighted by Gasteiger charge is -2.24. The van der Waals surface area contributed by atoms with Crippen LogP contribution in [0.1, 0.15) is 12.0 Å². The Kier molecular flexibility index (Phi) is 2.59. The van der Waals surface area contributed by atoms with E-state index in [1.807, 2.05) is 24.3 Å². The summed E-state index contributed by atoms with van der Waals surface area (Å²) in [6.07, 6.45) is 13.7. The number of rotatable bonds is 1. The van der Waals surface area contributed by atoms with Gasteiger partial charge in [0.05, 0.1) is 6.26 Å². The van der Waals surface area contributed by atoms with Gasteiger partial charge in [-0.25, -0.2) is 0 Å². The summed E-state index contributed by atoms with van der Waals surface area (Å²) in [5, 5.41) is 0. The Balaban J connectivity index is 1.63. The van der Waals surface area contributed by atoms with Gasteiger partial charge in [-0.1, -0.05) is 24.3 Å². The molecule has 0 fully saturated rings. The highest BCUT2D eigenvalue weighted by Gasteiger charge is 2.20. The van der Waals surface area contributed by atoms with Crippen molar-refractivity contribution in [3.05, 3.63) is 89.1 Å². The normalized spacial score (nSPS) is 19.4. The maximum atomic E-state index is 6.00. The molecule has 1 radical (unpaired) electrons. The summed E-state index contributed by atoms with van der Waals surface area (Å²) in [6, 6.07) is 8.94. The maximum absolute atomic E-state index is 6.00. The van der Waals surface area contributed by atoms with Crippen LogP contribution in [0.15, 0.2) is 77.5 Å². The molecular formula is C18H13O2. The van der Waals surface area contributed by atoms with Crippen LogP contribution in [0.2, 0.25) is 0 Å². The molecule has 97 valence electrons. The Morgan fingerprint density at radius 3 is 3.00 bits per heavy atom. The summed E-state index contributed by atoms with van der Waals surface area (Å²) >= 11 is 0. The van der Waals surface area contributed by atoms with Crippen LogP contribution in [0.25, 0.3) is 0 Å². The fraction of sp³-hybridized carbons (Fsp3) is 0.111. The summed E-state index contributed by atoms with van der Waals surface area (Å²) in [5.74, 6) is 2.79. The third-order valence-corrected chi connectivity index (χ3v) is 3.66. The second-order valence-corrected chi connectivity index (χ2v) is 4.95. The summed E-state index contributed by atoms with van der Waals surface area (Å²) in [4.78, 5) is 0. The van der Waals surface area contributed by atoms with Gasteiger partial charge in [0, 0.05) is 6.42 Å². The van der Waals surface area contributed by atoms with Crippen molar-refractivity contribution in [1.82, 2.24) is 0 Å². The molecule has 0 saturated heterocycles. The highest BCUT2D eigenvalue weighted by atomic mass is 16.5. The van der Waals surface area contributed by atoms with Crippen LogP contribution >= 0.6 is 0 Å². The first-order valence-electron chi connectivity index (χ1n) is 6.71. The van der Waals surface area contributed by atoms with Crippen LogP contribution in [0.5, 0.6) is 5.75 Å². The zero-order valence-corrected chi connectivity index (χ0v) is 10.9. The molecule has 4 rings (SSSR count). The second-order valence-electron chi connectivity index (χ2n) is 4.95.